The van der Waals surface area contributed by atoms with Crippen molar-refractivity contribution in [3.63, 3.8) is 0 Å². The van der Waals surface area contributed by atoms with E-state index in [0.29, 0.717) is 0 Å². The Labute approximate surface area is 136 Å². The highest BCUT2D eigenvalue weighted by molar-refractivity contribution is 7.59. The molecule has 0 aromatic heterocycles. The molecule has 2 rings (SSSR count). The van der Waals surface area contributed by atoms with Crippen LogP contribution in [0.3, 0.4) is 0 Å². The number of hydrogen-bond donors (Lipinski definition) is 5. The largest absolute Gasteiger partial charge is 0.457 e. The van der Waals surface area contributed by atoms with E-state index in [1.807, 2.05) is 0 Å². The van der Waals surface area contributed by atoms with Gasteiger partial charge in [-0.05, 0) is 0 Å². The third kappa shape index (κ3) is 5.50. The number of fused-ring (bicyclic) bond motifs is 1. The van der Waals surface area contributed by atoms with Crippen molar-refractivity contribution in [3.05, 3.63) is 0 Å². The van der Waals surface area contributed by atoms with Crippen LogP contribution in [0.25, 0.3) is 0 Å². The van der Waals surface area contributed by atoms with Crippen LogP contribution in [0.4, 0.5) is 4.79 Å². The molecular weight excluding hydrogens is 368 g/mol. The van der Waals surface area contributed by atoms with Gasteiger partial charge in [0.05, 0.1) is 13.2 Å². The minimum atomic E-state index is -3.78. The molecule has 0 radical (unpaired) electrons. The standard InChI is InChI=1S/C9H19N5O8P2/c10-23(11,17)3-6(15)21-4-1-19-8-5(2-20-7(4)8)22-9(16)14-24(12,13)18/h4-5,7-8H,1-3H2,(H4,10,11,17)(H5,12,13,14,16,18)/t4-,5+,7+,8+/m0/s1. The monoisotopic (exact) mass is 387 g/mol. The van der Waals surface area contributed by atoms with Crippen molar-refractivity contribution in [2.75, 3.05) is 19.4 Å². The SMILES string of the molecule is NP(N)(=O)CC(=O)O[C@H]1CO[C@H]2[C@@H]1OC[C@H]2OC(=O)NP(N)(N)=O. The molecule has 0 aromatic rings. The van der Waals surface area contributed by atoms with Crippen LogP contribution in [0.2, 0.25) is 0 Å². The van der Waals surface area contributed by atoms with Crippen LogP contribution < -0.4 is 27.1 Å². The van der Waals surface area contributed by atoms with Crippen molar-refractivity contribution in [2.45, 2.75) is 24.4 Å². The molecule has 0 unspecified atom stereocenters. The second-order valence-electron chi connectivity index (χ2n) is 5.40. The summed E-state index contributed by atoms with van der Waals surface area (Å²) in [6.45, 7) is -0.0587. The minimum absolute atomic E-state index is 0.0196. The van der Waals surface area contributed by atoms with Crippen LogP contribution in [0.1, 0.15) is 0 Å². The van der Waals surface area contributed by atoms with Gasteiger partial charge in [0.15, 0.2) is 12.2 Å². The number of hydrogen-bond acceptors (Lipinski definition) is 8. The first-order valence-corrected chi connectivity index (χ1v) is 10.6. The summed E-state index contributed by atoms with van der Waals surface area (Å²) in [6, 6.07) is 0. The van der Waals surface area contributed by atoms with Gasteiger partial charge in [0.1, 0.15) is 18.4 Å². The molecule has 13 nitrogen and oxygen atoms in total. The number of amides is 1. The van der Waals surface area contributed by atoms with E-state index in [0.717, 1.165) is 0 Å². The Kier molecular flexibility index (Phi) is 5.68. The van der Waals surface area contributed by atoms with Gasteiger partial charge in [-0.25, -0.2) is 9.88 Å². The van der Waals surface area contributed by atoms with E-state index in [9.17, 15) is 18.7 Å². The number of nitrogens with two attached hydrogens (primary N) is 4. The second-order valence-corrected chi connectivity index (χ2v) is 9.07. The fourth-order valence-electron chi connectivity index (χ4n) is 2.35. The molecule has 2 aliphatic heterocycles. The first kappa shape index (κ1) is 19.3. The Morgan fingerprint density at radius 2 is 1.50 bits per heavy atom. The number of carbonyl (C=O) groups is 2. The van der Waals surface area contributed by atoms with E-state index in [1.54, 1.807) is 5.09 Å². The third-order valence-electron chi connectivity index (χ3n) is 3.15. The molecule has 2 aliphatic rings. The number of esters is 1. The van der Waals surface area contributed by atoms with Gasteiger partial charge in [0.25, 0.3) is 0 Å². The maximum atomic E-state index is 11.6. The van der Waals surface area contributed by atoms with Crippen LogP contribution in [0, 0.1) is 0 Å². The molecule has 15 heteroatoms. The summed E-state index contributed by atoms with van der Waals surface area (Å²) in [6.07, 6.45) is -4.73. The molecule has 9 N–H and O–H groups in total. The van der Waals surface area contributed by atoms with Gasteiger partial charge >= 0.3 is 19.7 Å². The quantitative estimate of drug-likeness (QED) is 0.253. The van der Waals surface area contributed by atoms with Gasteiger partial charge in [-0.15, -0.1) is 0 Å². The van der Waals surface area contributed by atoms with Crippen molar-refractivity contribution in [1.29, 1.82) is 0 Å². The molecule has 0 spiro atoms. The fourth-order valence-corrected chi connectivity index (χ4v) is 3.16. The number of rotatable bonds is 5. The first-order valence-electron chi connectivity index (χ1n) is 6.69. The summed E-state index contributed by atoms with van der Waals surface area (Å²) < 4.78 is 43.1. The van der Waals surface area contributed by atoms with Crippen molar-refractivity contribution in [1.82, 2.24) is 5.09 Å². The van der Waals surface area contributed by atoms with E-state index in [4.69, 9.17) is 41.0 Å². The Morgan fingerprint density at radius 1 is 1.00 bits per heavy atom. The summed E-state index contributed by atoms with van der Waals surface area (Å²) in [7, 11) is -7.32. The van der Waals surface area contributed by atoms with Crippen LogP contribution in [0.15, 0.2) is 0 Å². The molecular formula is C9H19N5O8P2. The predicted octanol–water partition coefficient (Wildman–Crippen LogP) is -2.07. The summed E-state index contributed by atoms with van der Waals surface area (Å²) in [5, 5.41) is 1.79. The zero-order valence-electron chi connectivity index (χ0n) is 12.4. The van der Waals surface area contributed by atoms with E-state index in [1.165, 1.54) is 0 Å². The van der Waals surface area contributed by atoms with E-state index < -0.39 is 57.7 Å². The summed E-state index contributed by atoms with van der Waals surface area (Å²) in [5.41, 5.74) is 20.2. The molecule has 24 heavy (non-hydrogen) atoms. The van der Waals surface area contributed by atoms with Gasteiger partial charge < -0.3 is 18.9 Å². The number of ether oxygens (including phenoxy) is 4. The third-order valence-corrected chi connectivity index (χ3v) is 4.43. The van der Waals surface area contributed by atoms with Gasteiger partial charge in [-0.1, -0.05) is 0 Å². The molecule has 1 amide bonds. The van der Waals surface area contributed by atoms with Crippen LogP contribution in [-0.2, 0) is 32.9 Å². The number of nitrogens with one attached hydrogen (secondary N) is 1. The van der Waals surface area contributed by atoms with Crippen molar-refractivity contribution < 1.29 is 37.7 Å². The van der Waals surface area contributed by atoms with Crippen LogP contribution in [-0.4, -0.2) is 55.9 Å². The Bertz CT molecular complexity index is 553. The summed E-state index contributed by atoms with van der Waals surface area (Å²) in [4.78, 5) is 23.1. The zero-order valence-corrected chi connectivity index (χ0v) is 14.2. The summed E-state index contributed by atoms with van der Waals surface area (Å²) in [5.74, 6) is -0.851. The first-order chi connectivity index (χ1) is 10.9. The lowest BCUT2D eigenvalue weighted by Gasteiger charge is -2.18. The number of carbonyl (C=O) groups excluding carboxylic acids is 2. The molecule has 2 fully saturated rings. The van der Waals surface area contributed by atoms with Crippen molar-refractivity contribution >= 4 is 27.1 Å². The highest BCUT2D eigenvalue weighted by Gasteiger charge is 2.51. The lowest BCUT2D eigenvalue weighted by atomic mass is 10.1. The van der Waals surface area contributed by atoms with Crippen molar-refractivity contribution in [3.8, 4) is 0 Å². The molecule has 0 bridgehead atoms. The maximum absolute atomic E-state index is 11.6. The van der Waals surface area contributed by atoms with Crippen LogP contribution >= 0.6 is 15.0 Å². The summed E-state index contributed by atoms with van der Waals surface area (Å²) >= 11 is 0. The van der Waals surface area contributed by atoms with Crippen molar-refractivity contribution in [2.24, 2.45) is 22.0 Å². The molecule has 0 aromatic carbocycles. The maximum Gasteiger partial charge on any atom is 0.414 e. The Hall–Kier alpha value is -1.04. The average molecular weight is 387 g/mol. The average Bonchev–Trinajstić information content (AvgIpc) is 2.89. The fraction of sp³-hybridized carbons (Fsp3) is 0.778. The normalized spacial score (nSPS) is 29.8. The van der Waals surface area contributed by atoms with E-state index in [2.05, 4.69) is 0 Å². The van der Waals surface area contributed by atoms with Gasteiger partial charge in [-0.3, -0.25) is 35.9 Å². The second kappa shape index (κ2) is 7.06. The molecule has 138 valence electrons. The van der Waals surface area contributed by atoms with Crippen LogP contribution in [0.5, 0.6) is 0 Å². The molecule has 0 saturated carbocycles. The Balaban J connectivity index is 1.87. The Morgan fingerprint density at radius 3 is 1.96 bits per heavy atom. The molecule has 0 aliphatic carbocycles. The highest BCUT2D eigenvalue weighted by Crippen LogP contribution is 2.32. The lowest BCUT2D eigenvalue weighted by Crippen LogP contribution is -2.39. The van der Waals surface area contributed by atoms with Gasteiger partial charge in [-0.2, -0.15) is 0 Å². The predicted molar refractivity (Wildman–Crippen MR) is 79.6 cm³/mol. The topological polar surface area (TPSA) is 221 Å². The van der Waals surface area contributed by atoms with E-state index >= 15 is 0 Å². The van der Waals surface area contributed by atoms with E-state index in [-0.39, 0.29) is 13.2 Å². The van der Waals surface area contributed by atoms with Gasteiger partial charge in [0.2, 0.25) is 7.44 Å². The molecule has 4 atom stereocenters. The lowest BCUT2D eigenvalue weighted by molar-refractivity contribution is -0.150. The zero-order chi connectivity index (χ0) is 18.1. The minimum Gasteiger partial charge on any atom is -0.457 e. The molecule has 2 saturated heterocycles. The van der Waals surface area contributed by atoms with Gasteiger partial charge in [0, 0.05) is 0 Å². The highest BCUT2D eigenvalue weighted by atomic mass is 31.2. The molecule has 2 heterocycles. The smallest absolute Gasteiger partial charge is 0.414 e.